The number of thioether (sulfide) groups is 1. The summed E-state index contributed by atoms with van der Waals surface area (Å²) < 4.78 is 5.33. The van der Waals surface area contributed by atoms with Crippen LogP contribution in [0.1, 0.15) is 25.0 Å². The van der Waals surface area contributed by atoms with Crippen LogP contribution in [0.5, 0.6) is 5.75 Å². The number of halogens is 1. The maximum atomic E-state index is 5.33. The van der Waals surface area contributed by atoms with Gasteiger partial charge >= 0.3 is 0 Å². The van der Waals surface area contributed by atoms with Gasteiger partial charge in [0.15, 0.2) is 0 Å². The second-order valence-electron chi connectivity index (χ2n) is 3.22. The number of hydrogen-bond donors (Lipinski definition) is 0. The molecule has 1 aromatic carbocycles. The molecule has 0 aliphatic heterocycles. The molecule has 0 aliphatic rings. The van der Waals surface area contributed by atoms with E-state index < -0.39 is 0 Å². The van der Waals surface area contributed by atoms with E-state index in [4.69, 9.17) is 4.74 Å². The smallest absolute Gasteiger partial charge is 0.126 e. The third-order valence-corrected chi connectivity index (χ3v) is 2.62. The van der Waals surface area contributed by atoms with E-state index >= 15 is 0 Å². The van der Waals surface area contributed by atoms with Crippen LogP contribution in [0.2, 0.25) is 0 Å². The first-order chi connectivity index (χ1) is 8.22. The molecule has 0 amide bonds. The van der Waals surface area contributed by atoms with Crippen LogP contribution in [0.15, 0.2) is 36.3 Å². The highest BCUT2D eigenvalue weighted by molar-refractivity contribution is 8.01. The molecule has 0 saturated heterocycles. The zero-order chi connectivity index (χ0) is 13.3. The lowest BCUT2D eigenvalue weighted by Crippen LogP contribution is -1.91. The molecule has 0 radical (unpaired) electrons. The van der Waals surface area contributed by atoms with Gasteiger partial charge in [-0.25, -0.2) is 0 Å². The van der Waals surface area contributed by atoms with Gasteiger partial charge in [-0.3, -0.25) is 4.70 Å². The number of benzene rings is 1. The quantitative estimate of drug-likeness (QED) is 0.706. The lowest BCUT2D eigenvalue weighted by molar-refractivity contribution is 0.413. The van der Waals surface area contributed by atoms with Crippen molar-refractivity contribution in [1.82, 2.24) is 0 Å². The molecule has 0 fully saturated rings. The van der Waals surface area contributed by atoms with Gasteiger partial charge in [0.05, 0.1) is 7.11 Å². The van der Waals surface area contributed by atoms with Crippen molar-refractivity contribution in [2.24, 2.45) is 0 Å². The summed E-state index contributed by atoms with van der Waals surface area (Å²) in [5.74, 6) is 0.890. The van der Waals surface area contributed by atoms with Crippen LogP contribution in [0.4, 0.5) is 4.70 Å². The van der Waals surface area contributed by atoms with Gasteiger partial charge in [0.25, 0.3) is 0 Å². The van der Waals surface area contributed by atoms with E-state index in [-0.39, 0.29) is 4.70 Å². The Labute approximate surface area is 114 Å². The molecule has 0 heterocycles. The maximum Gasteiger partial charge on any atom is 0.126 e. The molecule has 1 aromatic rings. The largest absolute Gasteiger partial charge is 0.496 e. The molecule has 18 heavy (non-hydrogen) atoms. The highest BCUT2D eigenvalue weighted by Crippen LogP contribution is 2.28. The fraction of sp³-hybridized carbons (Fsp3) is 0.333. The maximum absolute atomic E-state index is 5.33. The Bertz CT molecular complexity index is 386. The molecule has 0 aromatic heterocycles. The SMILES string of the molecule is C=C/C(=C\SC)c1cc(C)ccc1OC.CC.F. The third kappa shape index (κ3) is 5.41. The first-order valence-electron chi connectivity index (χ1n) is 5.73. The molecule has 102 valence electrons. The van der Waals surface area contributed by atoms with Crippen molar-refractivity contribution < 1.29 is 9.44 Å². The molecule has 1 nitrogen and oxygen atoms in total. The van der Waals surface area contributed by atoms with Gasteiger partial charge in [-0.2, -0.15) is 0 Å². The van der Waals surface area contributed by atoms with E-state index in [1.54, 1.807) is 18.9 Å². The van der Waals surface area contributed by atoms with Crippen molar-refractivity contribution in [3.8, 4) is 5.75 Å². The van der Waals surface area contributed by atoms with E-state index in [1.165, 1.54) is 5.56 Å². The molecule has 0 aliphatic carbocycles. The topological polar surface area (TPSA) is 9.23 Å². The predicted molar refractivity (Wildman–Crippen MR) is 83.3 cm³/mol. The molecule has 0 saturated carbocycles. The summed E-state index contributed by atoms with van der Waals surface area (Å²) in [6.07, 6.45) is 3.89. The van der Waals surface area contributed by atoms with Gasteiger partial charge in [-0.1, -0.05) is 38.1 Å². The van der Waals surface area contributed by atoms with Gasteiger partial charge < -0.3 is 4.74 Å². The van der Waals surface area contributed by atoms with E-state index in [0.717, 1.165) is 16.9 Å². The molecular formula is C15H23FOS. The Hall–Kier alpha value is -1.22. The minimum Gasteiger partial charge on any atom is -0.496 e. The summed E-state index contributed by atoms with van der Waals surface area (Å²) in [6.45, 7) is 9.90. The lowest BCUT2D eigenvalue weighted by Gasteiger charge is -2.10. The molecule has 1 rings (SSSR count). The number of aryl methyl sites for hydroxylation is 1. The summed E-state index contributed by atoms with van der Waals surface area (Å²) in [7, 11) is 1.69. The van der Waals surface area contributed by atoms with Crippen LogP contribution >= 0.6 is 11.8 Å². The van der Waals surface area contributed by atoms with Crippen molar-refractivity contribution in [2.75, 3.05) is 13.4 Å². The molecular weight excluding hydrogens is 247 g/mol. The fourth-order valence-electron chi connectivity index (χ4n) is 1.40. The standard InChI is InChI=1S/C13H16OS.C2H6.FH/c1-5-11(9-15-4)12-8-10(2)6-7-13(12)14-3;1-2;/h5-9H,1H2,2-4H3;1-2H3;1H/b11-9+;;. The molecule has 0 atom stereocenters. The summed E-state index contributed by atoms with van der Waals surface area (Å²) >= 11 is 1.67. The van der Waals surface area contributed by atoms with Crippen LogP contribution in [0, 0.1) is 6.92 Å². The first kappa shape index (κ1) is 19.1. The molecule has 3 heteroatoms. The van der Waals surface area contributed by atoms with Crippen molar-refractivity contribution in [2.45, 2.75) is 20.8 Å². The van der Waals surface area contributed by atoms with Crippen LogP contribution < -0.4 is 4.74 Å². The van der Waals surface area contributed by atoms with Crippen molar-refractivity contribution >= 4 is 17.3 Å². The Morgan fingerprint density at radius 1 is 1.33 bits per heavy atom. The minimum absolute atomic E-state index is 0. The van der Waals surface area contributed by atoms with Gasteiger partial charge in [-0.05, 0) is 36.3 Å². The summed E-state index contributed by atoms with van der Waals surface area (Å²) in [6, 6.07) is 6.15. The molecule has 0 bridgehead atoms. The summed E-state index contributed by atoms with van der Waals surface area (Å²) in [5, 5.41) is 2.07. The van der Waals surface area contributed by atoms with Crippen LogP contribution in [0.25, 0.3) is 5.57 Å². The average Bonchev–Trinajstić information content (AvgIpc) is 2.38. The Morgan fingerprint density at radius 2 is 1.94 bits per heavy atom. The van der Waals surface area contributed by atoms with Gasteiger partial charge in [0.1, 0.15) is 5.75 Å². The van der Waals surface area contributed by atoms with Crippen LogP contribution in [0.3, 0.4) is 0 Å². The van der Waals surface area contributed by atoms with E-state index in [2.05, 4.69) is 25.0 Å². The second-order valence-corrected chi connectivity index (χ2v) is 3.92. The Morgan fingerprint density at radius 3 is 2.39 bits per heavy atom. The first-order valence-corrected chi connectivity index (χ1v) is 7.02. The fourth-order valence-corrected chi connectivity index (χ4v) is 1.87. The van der Waals surface area contributed by atoms with Gasteiger partial charge in [-0.15, -0.1) is 11.8 Å². The average molecular weight is 270 g/mol. The third-order valence-electron chi connectivity index (χ3n) is 2.13. The highest BCUT2D eigenvalue weighted by Gasteiger charge is 2.05. The molecule has 0 N–H and O–H groups in total. The minimum atomic E-state index is 0. The van der Waals surface area contributed by atoms with E-state index in [0.29, 0.717) is 0 Å². The number of hydrogen-bond acceptors (Lipinski definition) is 2. The van der Waals surface area contributed by atoms with Gasteiger partial charge in [0, 0.05) is 5.56 Å². The van der Waals surface area contributed by atoms with Crippen molar-refractivity contribution in [3.05, 3.63) is 47.4 Å². The number of rotatable bonds is 4. The summed E-state index contributed by atoms with van der Waals surface area (Å²) in [4.78, 5) is 0. The van der Waals surface area contributed by atoms with E-state index in [1.807, 2.05) is 38.3 Å². The highest BCUT2D eigenvalue weighted by atomic mass is 32.2. The van der Waals surface area contributed by atoms with Crippen LogP contribution in [-0.4, -0.2) is 13.4 Å². The monoisotopic (exact) mass is 270 g/mol. The van der Waals surface area contributed by atoms with Gasteiger partial charge in [0.2, 0.25) is 0 Å². The second kappa shape index (κ2) is 10.9. The zero-order valence-electron chi connectivity index (χ0n) is 11.8. The van der Waals surface area contributed by atoms with Crippen LogP contribution in [-0.2, 0) is 0 Å². The Balaban J connectivity index is 0. The molecule has 0 unspecified atom stereocenters. The van der Waals surface area contributed by atoms with E-state index in [9.17, 15) is 0 Å². The normalized spacial score (nSPS) is 9.72. The Kier molecular flexibility index (Phi) is 11.6. The lowest BCUT2D eigenvalue weighted by atomic mass is 10.0. The number of methoxy groups -OCH3 is 1. The molecule has 0 spiro atoms. The summed E-state index contributed by atoms with van der Waals surface area (Å²) in [5.41, 5.74) is 3.42. The number of ether oxygens (including phenoxy) is 1. The zero-order valence-corrected chi connectivity index (χ0v) is 12.6. The van der Waals surface area contributed by atoms with Crippen molar-refractivity contribution in [3.63, 3.8) is 0 Å². The predicted octanol–water partition coefficient (Wildman–Crippen LogP) is 5.07. The number of allylic oxidation sites excluding steroid dienone is 2. The van der Waals surface area contributed by atoms with Crippen molar-refractivity contribution in [1.29, 1.82) is 0 Å².